The number of morpholine rings is 1. The highest BCUT2D eigenvalue weighted by Crippen LogP contribution is 2.20. The Morgan fingerprint density at radius 2 is 1.83 bits per heavy atom. The van der Waals surface area contributed by atoms with Crippen LogP contribution in [0.4, 0.5) is 0 Å². The van der Waals surface area contributed by atoms with Crippen LogP contribution in [-0.2, 0) is 4.74 Å². The van der Waals surface area contributed by atoms with Gasteiger partial charge in [-0.2, -0.15) is 0 Å². The van der Waals surface area contributed by atoms with Gasteiger partial charge in [0.15, 0.2) is 0 Å². The van der Waals surface area contributed by atoms with E-state index in [0.29, 0.717) is 6.54 Å². The van der Waals surface area contributed by atoms with Crippen molar-refractivity contribution in [3.63, 3.8) is 0 Å². The summed E-state index contributed by atoms with van der Waals surface area (Å²) in [5, 5.41) is 0. The largest absolute Gasteiger partial charge is 0.368 e. The Balaban J connectivity index is 1.70. The summed E-state index contributed by atoms with van der Waals surface area (Å²) in [5.74, 6) is 0. The van der Waals surface area contributed by atoms with E-state index >= 15 is 0 Å². The summed E-state index contributed by atoms with van der Waals surface area (Å²) in [7, 11) is 0. The van der Waals surface area contributed by atoms with Gasteiger partial charge >= 0.3 is 0 Å². The van der Waals surface area contributed by atoms with Crippen molar-refractivity contribution in [3.8, 4) is 0 Å². The number of likely N-dealkylation sites (tertiary alicyclic amines) is 1. The molecule has 18 heavy (non-hydrogen) atoms. The van der Waals surface area contributed by atoms with Crippen LogP contribution < -0.4 is 5.73 Å². The molecule has 0 bridgehead atoms. The Kier molecular flexibility index (Phi) is 5.01. The van der Waals surface area contributed by atoms with Crippen molar-refractivity contribution in [1.82, 2.24) is 9.80 Å². The second-order valence-corrected chi connectivity index (χ2v) is 6.37. The molecule has 2 aliphatic heterocycles. The first-order valence-electron chi connectivity index (χ1n) is 7.42. The maximum absolute atomic E-state index is 5.96. The van der Waals surface area contributed by atoms with E-state index in [4.69, 9.17) is 10.5 Å². The van der Waals surface area contributed by atoms with Crippen molar-refractivity contribution in [2.75, 3.05) is 45.8 Å². The van der Waals surface area contributed by atoms with Crippen molar-refractivity contribution >= 4 is 0 Å². The standard InChI is InChI=1S/C14H29N3O/c1-14(2)12-17(11-13(10-15)18-14)9-5-8-16-6-3-4-7-16/h13H,3-12,15H2,1-2H3. The van der Waals surface area contributed by atoms with E-state index in [1.54, 1.807) is 0 Å². The minimum absolute atomic E-state index is 0.0457. The van der Waals surface area contributed by atoms with E-state index in [0.717, 1.165) is 13.1 Å². The minimum Gasteiger partial charge on any atom is -0.368 e. The van der Waals surface area contributed by atoms with Gasteiger partial charge in [-0.1, -0.05) is 0 Å². The maximum Gasteiger partial charge on any atom is 0.0831 e. The molecule has 2 N–H and O–H groups in total. The Labute approximate surface area is 111 Å². The lowest BCUT2D eigenvalue weighted by atomic mass is 10.0. The fourth-order valence-electron chi connectivity index (χ4n) is 3.23. The number of hydrogen-bond donors (Lipinski definition) is 1. The van der Waals surface area contributed by atoms with Gasteiger partial charge < -0.3 is 15.4 Å². The van der Waals surface area contributed by atoms with E-state index < -0.39 is 0 Å². The predicted octanol–water partition coefficient (Wildman–Crippen LogP) is 0.910. The molecule has 0 saturated carbocycles. The second-order valence-electron chi connectivity index (χ2n) is 6.37. The zero-order valence-corrected chi connectivity index (χ0v) is 12.0. The third kappa shape index (κ3) is 4.19. The SMILES string of the molecule is CC1(C)CN(CCCN2CCCC2)CC(CN)O1. The van der Waals surface area contributed by atoms with Gasteiger partial charge in [0.25, 0.3) is 0 Å². The number of nitrogens with zero attached hydrogens (tertiary/aromatic N) is 2. The van der Waals surface area contributed by atoms with E-state index in [-0.39, 0.29) is 11.7 Å². The highest BCUT2D eigenvalue weighted by atomic mass is 16.5. The van der Waals surface area contributed by atoms with Crippen LogP contribution in [0.5, 0.6) is 0 Å². The first-order chi connectivity index (χ1) is 8.59. The average Bonchev–Trinajstić information content (AvgIpc) is 2.80. The number of ether oxygens (including phenoxy) is 1. The molecular weight excluding hydrogens is 226 g/mol. The maximum atomic E-state index is 5.96. The third-order valence-corrected chi connectivity index (χ3v) is 3.96. The van der Waals surface area contributed by atoms with E-state index in [2.05, 4.69) is 23.6 Å². The van der Waals surface area contributed by atoms with E-state index in [1.165, 1.54) is 45.4 Å². The first kappa shape index (κ1) is 14.3. The first-order valence-corrected chi connectivity index (χ1v) is 7.42. The highest BCUT2D eigenvalue weighted by molar-refractivity contribution is 4.84. The van der Waals surface area contributed by atoms with Crippen molar-refractivity contribution in [2.45, 2.75) is 44.8 Å². The van der Waals surface area contributed by atoms with E-state index in [9.17, 15) is 0 Å². The van der Waals surface area contributed by atoms with Crippen LogP contribution in [0.15, 0.2) is 0 Å². The molecule has 1 atom stereocenters. The Hall–Kier alpha value is -0.160. The third-order valence-electron chi connectivity index (χ3n) is 3.96. The quantitative estimate of drug-likeness (QED) is 0.793. The van der Waals surface area contributed by atoms with Crippen LogP contribution in [0.3, 0.4) is 0 Å². The van der Waals surface area contributed by atoms with Crippen LogP contribution in [0.1, 0.15) is 33.1 Å². The normalized spacial score (nSPS) is 29.8. The van der Waals surface area contributed by atoms with Gasteiger partial charge in [0.1, 0.15) is 0 Å². The predicted molar refractivity (Wildman–Crippen MR) is 74.7 cm³/mol. The molecule has 0 aromatic heterocycles. The van der Waals surface area contributed by atoms with Gasteiger partial charge in [0, 0.05) is 19.6 Å². The fourth-order valence-corrected chi connectivity index (χ4v) is 3.23. The second kappa shape index (κ2) is 6.33. The van der Waals surface area contributed by atoms with Crippen molar-refractivity contribution in [1.29, 1.82) is 0 Å². The summed E-state index contributed by atoms with van der Waals surface area (Å²) in [5.41, 5.74) is 5.71. The molecule has 2 rings (SSSR count). The molecule has 2 fully saturated rings. The Morgan fingerprint density at radius 1 is 1.17 bits per heavy atom. The molecule has 4 heteroatoms. The Bertz CT molecular complexity index is 251. The average molecular weight is 255 g/mol. The molecule has 106 valence electrons. The van der Waals surface area contributed by atoms with Gasteiger partial charge in [-0.15, -0.1) is 0 Å². The lowest BCUT2D eigenvalue weighted by molar-refractivity contribution is -0.132. The molecule has 0 aromatic carbocycles. The molecule has 0 aliphatic carbocycles. The molecule has 1 unspecified atom stereocenters. The van der Waals surface area contributed by atoms with Gasteiger partial charge in [-0.05, 0) is 59.3 Å². The van der Waals surface area contributed by atoms with E-state index in [1.807, 2.05) is 0 Å². The van der Waals surface area contributed by atoms with Gasteiger partial charge in [-0.25, -0.2) is 0 Å². The number of nitrogens with two attached hydrogens (primary N) is 1. The lowest BCUT2D eigenvalue weighted by Gasteiger charge is -2.42. The van der Waals surface area contributed by atoms with Crippen LogP contribution in [0, 0.1) is 0 Å². The molecular formula is C14H29N3O. The fraction of sp³-hybridized carbons (Fsp3) is 1.00. The van der Waals surface area contributed by atoms with Crippen LogP contribution in [-0.4, -0.2) is 67.3 Å². The highest BCUT2D eigenvalue weighted by Gasteiger charge is 2.32. The number of hydrogen-bond acceptors (Lipinski definition) is 4. The molecule has 4 nitrogen and oxygen atoms in total. The van der Waals surface area contributed by atoms with Gasteiger partial charge in [-0.3, -0.25) is 4.90 Å². The zero-order chi connectivity index (χ0) is 13.0. The lowest BCUT2D eigenvalue weighted by Crippen LogP contribution is -2.55. The Morgan fingerprint density at radius 3 is 2.50 bits per heavy atom. The van der Waals surface area contributed by atoms with Gasteiger partial charge in [0.2, 0.25) is 0 Å². The molecule has 0 spiro atoms. The van der Waals surface area contributed by atoms with Crippen LogP contribution >= 0.6 is 0 Å². The summed E-state index contributed by atoms with van der Waals surface area (Å²) >= 11 is 0. The van der Waals surface area contributed by atoms with Crippen molar-refractivity contribution in [2.24, 2.45) is 5.73 Å². The molecule has 0 aromatic rings. The molecule has 0 amide bonds. The summed E-state index contributed by atoms with van der Waals surface area (Å²) in [6.45, 7) is 12.0. The van der Waals surface area contributed by atoms with Gasteiger partial charge in [0.05, 0.1) is 11.7 Å². The van der Waals surface area contributed by atoms with Crippen molar-refractivity contribution < 1.29 is 4.74 Å². The monoisotopic (exact) mass is 255 g/mol. The zero-order valence-electron chi connectivity index (χ0n) is 12.0. The summed E-state index contributed by atoms with van der Waals surface area (Å²) in [6.07, 6.45) is 4.26. The van der Waals surface area contributed by atoms with Crippen LogP contribution in [0.25, 0.3) is 0 Å². The molecule has 0 radical (unpaired) electrons. The number of rotatable bonds is 5. The molecule has 2 heterocycles. The molecule has 2 aliphatic rings. The molecule has 2 saturated heterocycles. The topological polar surface area (TPSA) is 41.7 Å². The van der Waals surface area contributed by atoms with Crippen molar-refractivity contribution in [3.05, 3.63) is 0 Å². The van der Waals surface area contributed by atoms with Crippen LogP contribution in [0.2, 0.25) is 0 Å². The summed E-state index contributed by atoms with van der Waals surface area (Å²) in [4.78, 5) is 5.11. The summed E-state index contributed by atoms with van der Waals surface area (Å²) < 4.78 is 5.96. The summed E-state index contributed by atoms with van der Waals surface area (Å²) in [6, 6.07) is 0. The minimum atomic E-state index is -0.0457. The smallest absolute Gasteiger partial charge is 0.0831 e.